The summed E-state index contributed by atoms with van der Waals surface area (Å²) in [7, 11) is -3.67. The van der Waals surface area contributed by atoms with Crippen LogP contribution in [0.2, 0.25) is 0 Å². The number of sulfonamides is 1. The molecule has 0 amide bonds. The van der Waals surface area contributed by atoms with E-state index in [0.29, 0.717) is 15.8 Å². The van der Waals surface area contributed by atoms with E-state index in [1.807, 2.05) is 13.8 Å². The first-order valence-corrected chi connectivity index (χ1v) is 9.12. The van der Waals surface area contributed by atoms with Gasteiger partial charge < -0.3 is 5.73 Å². The maximum absolute atomic E-state index is 12.4. The fourth-order valence-electron chi connectivity index (χ4n) is 1.95. The summed E-state index contributed by atoms with van der Waals surface area (Å²) in [5, 5.41) is 0. The van der Waals surface area contributed by atoms with Gasteiger partial charge in [-0.15, -0.1) is 0 Å². The Morgan fingerprint density at radius 1 is 1.05 bits per heavy atom. The van der Waals surface area contributed by atoms with Gasteiger partial charge in [0.25, 0.3) is 10.0 Å². The molecule has 7 heteroatoms. The molecule has 0 spiro atoms. The quantitative estimate of drug-likeness (QED) is 0.712. The van der Waals surface area contributed by atoms with Gasteiger partial charge in [-0.25, -0.2) is 8.42 Å². The minimum atomic E-state index is -3.67. The minimum Gasteiger partial charge on any atom is -0.399 e. The van der Waals surface area contributed by atoms with Gasteiger partial charge in [0.05, 0.1) is 0 Å². The molecule has 2 aromatic rings. The zero-order chi connectivity index (χ0) is 15.8. The average Bonchev–Trinajstić information content (AvgIpc) is 2.34. The Kier molecular flexibility index (Phi) is 4.65. The maximum Gasteiger partial charge on any atom is 0.263 e. The molecule has 3 N–H and O–H groups in total. The van der Waals surface area contributed by atoms with E-state index < -0.39 is 10.0 Å². The van der Waals surface area contributed by atoms with Crippen LogP contribution < -0.4 is 10.5 Å². The molecule has 0 heterocycles. The largest absolute Gasteiger partial charge is 0.399 e. The van der Waals surface area contributed by atoms with Gasteiger partial charge in [0, 0.05) is 20.3 Å². The van der Waals surface area contributed by atoms with Crippen LogP contribution in [0.25, 0.3) is 0 Å². The smallest absolute Gasteiger partial charge is 0.263 e. The number of aryl methyl sites for hydroxylation is 2. The van der Waals surface area contributed by atoms with Crippen LogP contribution in [0.5, 0.6) is 0 Å². The number of rotatable bonds is 3. The first-order chi connectivity index (χ1) is 9.70. The Bertz CT molecular complexity index is 782. The molecule has 0 fully saturated rings. The number of benzene rings is 2. The number of nitrogens with two attached hydrogens (primary N) is 1. The molecule has 0 radical (unpaired) electrons. The van der Waals surface area contributed by atoms with Crippen LogP contribution >= 0.6 is 31.9 Å². The highest BCUT2D eigenvalue weighted by atomic mass is 79.9. The number of anilines is 2. The van der Waals surface area contributed by atoms with E-state index in [1.54, 1.807) is 24.3 Å². The van der Waals surface area contributed by atoms with Gasteiger partial charge in [-0.05, 0) is 71.2 Å². The van der Waals surface area contributed by atoms with Crippen molar-refractivity contribution in [1.29, 1.82) is 0 Å². The summed E-state index contributed by atoms with van der Waals surface area (Å²) >= 11 is 6.69. The average molecular weight is 434 g/mol. The fraction of sp³-hybridized carbons (Fsp3) is 0.143. The van der Waals surface area contributed by atoms with E-state index >= 15 is 0 Å². The van der Waals surface area contributed by atoms with Gasteiger partial charge in [-0.1, -0.05) is 15.9 Å². The SMILES string of the molecule is Cc1cc(NS(=O)(=O)c2ccc(N)cc2Br)cc(C)c1Br. The van der Waals surface area contributed by atoms with Gasteiger partial charge in [0.1, 0.15) is 4.90 Å². The second kappa shape index (κ2) is 5.98. The van der Waals surface area contributed by atoms with Crippen LogP contribution in [0, 0.1) is 13.8 Å². The third kappa shape index (κ3) is 3.59. The molecular formula is C14H14Br2N2O2S. The van der Waals surface area contributed by atoms with Crippen molar-refractivity contribution in [3.63, 3.8) is 0 Å². The van der Waals surface area contributed by atoms with Crippen LogP contribution in [0.1, 0.15) is 11.1 Å². The topological polar surface area (TPSA) is 72.2 Å². The standard InChI is InChI=1S/C14H14Br2N2O2S/c1-8-5-11(6-9(2)14(8)16)18-21(19,20)13-4-3-10(17)7-12(13)15/h3-7,18H,17H2,1-2H3. The van der Waals surface area contributed by atoms with Gasteiger partial charge >= 0.3 is 0 Å². The van der Waals surface area contributed by atoms with Crippen LogP contribution in [0.15, 0.2) is 44.2 Å². The second-order valence-corrected chi connectivity index (χ2v) is 8.02. The molecule has 0 aromatic heterocycles. The van der Waals surface area contributed by atoms with Gasteiger partial charge in [0.15, 0.2) is 0 Å². The van der Waals surface area contributed by atoms with Crippen molar-refractivity contribution >= 4 is 53.3 Å². The highest BCUT2D eigenvalue weighted by Gasteiger charge is 2.18. The Balaban J connectivity index is 2.42. The third-order valence-corrected chi connectivity index (χ3v) is 6.54. The fourth-order valence-corrected chi connectivity index (χ4v) is 4.32. The van der Waals surface area contributed by atoms with Crippen molar-refractivity contribution < 1.29 is 8.42 Å². The monoisotopic (exact) mass is 432 g/mol. The highest BCUT2D eigenvalue weighted by molar-refractivity contribution is 9.10. The summed E-state index contributed by atoms with van der Waals surface area (Å²) in [5.74, 6) is 0. The summed E-state index contributed by atoms with van der Waals surface area (Å²) in [6.45, 7) is 3.82. The first kappa shape index (κ1) is 16.3. The molecule has 4 nitrogen and oxygen atoms in total. The Labute approximate surface area is 141 Å². The number of nitrogen functional groups attached to an aromatic ring is 1. The number of hydrogen-bond acceptors (Lipinski definition) is 3. The van der Waals surface area contributed by atoms with Gasteiger partial charge in [-0.3, -0.25) is 4.72 Å². The van der Waals surface area contributed by atoms with Crippen LogP contribution in [-0.4, -0.2) is 8.42 Å². The molecule has 0 bridgehead atoms. The summed E-state index contributed by atoms with van der Waals surface area (Å²) in [6, 6.07) is 8.14. The predicted octanol–water partition coefficient (Wildman–Crippen LogP) is 4.21. The van der Waals surface area contributed by atoms with Crippen LogP contribution in [0.4, 0.5) is 11.4 Å². The minimum absolute atomic E-state index is 0.148. The Hall–Kier alpha value is -1.05. The first-order valence-electron chi connectivity index (χ1n) is 6.05. The molecule has 0 aliphatic rings. The Morgan fingerprint density at radius 3 is 2.14 bits per heavy atom. The van der Waals surface area contributed by atoms with E-state index in [1.165, 1.54) is 6.07 Å². The van der Waals surface area contributed by atoms with E-state index in [0.717, 1.165) is 15.6 Å². The van der Waals surface area contributed by atoms with Gasteiger partial charge in [0.2, 0.25) is 0 Å². The van der Waals surface area contributed by atoms with E-state index in [-0.39, 0.29) is 4.90 Å². The highest BCUT2D eigenvalue weighted by Crippen LogP contribution is 2.29. The molecule has 112 valence electrons. The molecule has 0 saturated heterocycles. The van der Waals surface area contributed by atoms with Crippen molar-refractivity contribution in [3.05, 3.63) is 50.4 Å². The number of halogens is 2. The van der Waals surface area contributed by atoms with E-state index in [4.69, 9.17) is 5.73 Å². The number of hydrogen-bond donors (Lipinski definition) is 2. The lowest BCUT2D eigenvalue weighted by atomic mass is 10.1. The van der Waals surface area contributed by atoms with Gasteiger partial charge in [-0.2, -0.15) is 0 Å². The van der Waals surface area contributed by atoms with Crippen LogP contribution in [0.3, 0.4) is 0 Å². The molecule has 21 heavy (non-hydrogen) atoms. The van der Waals surface area contributed by atoms with Crippen molar-refractivity contribution in [3.8, 4) is 0 Å². The van der Waals surface area contributed by atoms with E-state index in [2.05, 4.69) is 36.6 Å². The predicted molar refractivity (Wildman–Crippen MR) is 93.0 cm³/mol. The molecule has 2 aromatic carbocycles. The van der Waals surface area contributed by atoms with Crippen molar-refractivity contribution in [2.24, 2.45) is 0 Å². The summed E-state index contributed by atoms with van der Waals surface area (Å²) in [4.78, 5) is 0.148. The molecule has 2 rings (SSSR count). The molecule has 0 aliphatic carbocycles. The molecule has 0 aliphatic heterocycles. The number of nitrogens with one attached hydrogen (secondary N) is 1. The van der Waals surface area contributed by atoms with Crippen molar-refractivity contribution in [2.75, 3.05) is 10.5 Å². The molecule has 0 saturated carbocycles. The molecule has 0 unspecified atom stereocenters. The van der Waals surface area contributed by atoms with E-state index in [9.17, 15) is 8.42 Å². The second-order valence-electron chi connectivity index (χ2n) is 4.72. The van der Waals surface area contributed by atoms with Crippen LogP contribution in [-0.2, 0) is 10.0 Å². The van der Waals surface area contributed by atoms with Crippen molar-refractivity contribution in [1.82, 2.24) is 0 Å². The zero-order valence-electron chi connectivity index (χ0n) is 11.4. The van der Waals surface area contributed by atoms with Crippen molar-refractivity contribution in [2.45, 2.75) is 18.7 Å². The zero-order valence-corrected chi connectivity index (χ0v) is 15.4. The summed E-state index contributed by atoms with van der Waals surface area (Å²) in [6.07, 6.45) is 0. The normalized spacial score (nSPS) is 11.4. The lowest BCUT2D eigenvalue weighted by molar-refractivity contribution is 0.601. The molecule has 0 atom stereocenters. The Morgan fingerprint density at radius 2 is 1.62 bits per heavy atom. The lowest BCUT2D eigenvalue weighted by Gasteiger charge is -2.12. The third-order valence-electron chi connectivity index (χ3n) is 2.93. The molecular weight excluding hydrogens is 420 g/mol. The summed E-state index contributed by atoms with van der Waals surface area (Å²) < 4.78 is 28.9. The lowest BCUT2D eigenvalue weighted by Crippen LogP contribution is -2.14. The summed E-state index contributed by atoms with van der Waals surface area (Å²) in [5.41, 5.74) is 8.57. The maximum atomic E-state index is 12.4.